The van der Waals surface area contributed by atoms with Gasteiger partial charge in [0.15, 0.2) is 0 Å². The van der Waals surface area contributed by atoms with E-state index < -0.39 is 0 Å². The van der Waals surface area contributed by atoms with Crippen molar-refractivity contribution in [3.63, 3.8) is 0 Å². The van der Waals surface area contributed by atoms with Gasteiger partial charge in [-0.3, -0.25) is 4.99 Å². The quantitative estimate of drug-likeness (QED) is 0.892. The van der Waals surface area contributed by atoms with Gasteiger partial charge in [-0.15, -0.1) is 0 Å². The Bertz CT molecular complexity index is 751. The van der Waals surface area contributed by atoms with E-state index in [1.807, 2.05) is 18.2 Å². The zero-order valence-electron chi connectivity index (χ0n) is 12.9. The highest BCUT2D eigenvalue weighted by atomic mass is 35.5. The first-order valence-electron chi connectivity index (χ1n) is 7.97. The molecule has 2 heterocycles. The molecule has 0 radical (unpaired) electrons. The summed E-state index contributed by atoms with van der Waals surface area (Å²) >= 11 is 6.07. The molecule has 0 aromatic heterocycles. The van der Waals surface area contributed by atoms with Gasteiger partial charge in [0, 0.05) is 17.3 Å². The summed E-state index contributed by atoms with van der Waals surface area (Å²) in [5, 5.41) is 4.30. The lowest BCUT2D eigenvalue weighted by Gasteiger charge is -2.35. The van der Waals surface area contributed by atoms with E-state index in [1.54, 1.807) is 0 Å². The lowest BCUT2D eigenvalue weighted by molar-refractivity contribution is 0.174. The van der Waals surface area contributed by atoms with Crippen LogP contribution in [0.4, 0.5) is 5.69 Å². The number of rotatable bonds is 2. The first-order valence-corrected chi connectivity index (χ1v) is 8.35. The molecule has 4 rings (SSSR count). The van der Waals surface area contributed by atoms with Crippen molar-refractivity contribution >= 4 is 23.1 Å². The van der Waals surface area contributed by atoms with Crippen LogP contribution in [-0.4, -0.2) is 19.0 Å². The molecular formula is C19H19ClN2O. The number of para-hydroxylation sites is 1. The molecule has 4 heteroatoms. The number of hydrogen-bond donors (Lipinski definition) is 1. The van der Waals surface area contributed by atoms with Gasteiger partial charge in [-0.25, -0.2) is 0 Å². The van der Waals surface area contributed by atoms with Crippen LogP contribution in [0.1, 0.15) is 17.5 Å². The van der Waals surface area contributed by atoms with Gasteiger partial charge < -0.3 is 10.1 Å². The molecule has 1 N–H and O–H groups in total. The SMILES string of the molecule is Clc1cccc(CN=C2Nc3ccccc3CC23CCOC3)c1. The summed E-state index contributed by atoms with van der Waals surface area (Å²) in [5.74, 6) is 1.05. The predicted octanol–water partition coefficient (Wildman–Crippen LogP) is 4.31. The molecule has 1 spiro atoms. The molecule has 3 nitrogen and oxygen atoms in total. The van der Waals surface area contributed by atoms with E-state index in [1.165, 1.54) is 5.56 Å². The Morgan fingerprint density at radius 2 is 2.09 bits per heavy atom. The Morgan fingerprint density at radius 3 is 2.91 bits per heavy atom. The minimum absolute atomic E-state index is 0.00702. The molecule has 0 amide bonds. The maximum absolute atomic E-state index is 6.07. The summed E-state index contributed by atoms with van der Waals surface area (Å²) in [6, 6.07) is 16.4. The van der Waals surface area contributed by atoms with Gasteiger partial charge in [0.1, 0.15) is 5.84 Å². The molecule has 2 aliphatic heterocycles. The number of hydrogen-bond acceptors (Lipinski definition) is 2. The number of amidine groups is 1. The first kappa shape index (κ1) is 14.7. The first-order chi connectivity index (χ1) is 11.3. The van der Waals surface area contributed by atoms with E-state index in [0.29, 0.717) is 6.54 Å². The molecular weight excluding hydrogens is 308 g/mol. The lowest BCUT2D eigenvalue weighted by atomic mass is 9.76. The number of fused-ring (bicyclic) bond motifs is 1. The minimum Gasteiger partial charge on any atom is -0.380 e. The Hall–Kier alpha value is -1.84. The maximum atomic E-state index is 6.07. The molecule has 118 valence electrons. The van der Waals surface area contributed by atoms with Crippen LogP contribution >= 0.6 is 11.6 Å². The topological polar surface area (TPSA) is 33.6 Å². The van der Waals surface area contributed by atoms with Crippen LogP contribution < -0.4 is 5.32 Å². The monoisotopic (exact) mass is 326 g/mol. The molecule has 0 bridgehead atoms. The number of benzene rings is 2. The van der Waals surface area contributed by atoms with Gasteiger partial charge in [-0.1, -0.05) is 41.9 Å². The summed E-state index contributed by atoms with van der Waals surface area (Å²) in [7, 11) is 0. The Morgan fingerprint density at radius 1 is 1.17 bits per heavy atom. The predicted molar refractivity (Wildman–Crippen MR) is 94.2 cm³/mol. The Kier molecular flexibility index (Phi) is 3.83. The van der Waals surface area contributed by atoms with Crippen LogP contribution in [0.5, 0.6) is 0 Å². The second-order valence-corrected chi connectivity index (χ2v) is 6.77. The van der Waals surface area contributed by atoms with Crippen LogP contribution in [-0.2, 0) is 17.7 Å². The molecule has 2 aromatic carbocycles. The largest absolute Gasteiger partial charge is 0.380 e. The standard InChI is InChI=1S/C19H19ClN2O/c20-16-6-3-4-14(10-16)12-21-18-19(8-9-23-13-19)11-15-5-1-2-7-17(15)22-18/h1-7,10H,8-9,11-13H2,(H,21,22). The fourth-order valence-electron chi connectivity index (χ4n) is 3.45. The molecule has 2 aliphatic rings. The molecule has 1 saturated heterocycles. The fourth-order valence-corrected chi connectivity index (χ4v) is 3.66. The third kappa shape index (κ3) is 2.87. The van der Waals surface area contributed by atoms with Crippen LogP contribution in [0.2, 0.25) is 5.02 Å². The van der Waals surface area contributed by atoms with E-state index >= 15 is 0 Å². The number of halogens is 1. The average Bonchev–Trinajstić information content (AvgIpc) is 3.02. The highest BCUT2D eigenvalue weighted by Crippen LogP contribution is 2.40. The van der Waals surface area contributed by atoms with E-state index in [-0.39, 0.29) is 5.41 Å². The summed E-state index contributed by atoms with van der Waals surface area (Å²) in [4.78, 5) is 4.90. The van der Waals surface area contributed by atoms with Crippen molar-refractivity contribution in [2.75, 3.05) is 18.5 Å². The van der Waals surface area contributed by atoms with E-state index in [9.17, 15) is 0 Å². The molecule has 1 fully saturated rings. The van der Waals surface area contributed by atoms with Crippen molar-refractivity contribution in [1.82, 2.24) is 0 Å². The maximum Gasteiger partial charge on any atom is 0.110 e. The highest BCUT2D eigenvalue weighted by Gasteiger charge is 2.43. The van der Waals surface area contributed by atoms with Crippen molar-refractivity contribution in [2.45, 2.75) is 19.4 Å². The Balaban J connectivity index is 1.66. The summed E-state index contributed by atoms with van der Waals surface area (Å²) in [6.45, 7) is 2.18. The smallest absolute Gasteiger partial charge is 0.110 e. The van der Waals surface area contributed by atoms with Crippen molar-refractivity contribution in [2.24, 2.45) is 10.4 Å². The molecule has 23 heavy (non-hydrogen) atoms. The number of nitrogens with one attached hydrogen (secondary N) is 1. The zero-order valence-corrected chi connectivity index (χ0v) is 13.6. The average molecular weight is 327 g/mol. The molecule has 0 aliphatic carbocycles. The fraction of sp³-hybridized carbons (Fsp3) is 0.316. The van der Waals surface area contributed by atoms with Crippen LogP contribution in [0, 0.1) is 5.41 Å². The zero-order chi connectivity index (χ0) is 15.7. The van der Waals surface area contributed by atoms with Crippen molar-refractivity contribution in [3.05, 3.63) is 64.7 Å². The lowest BCUT2D eigenvalue weighted by Crippen LogP contribution is -2.42. The second-order valence-electron chi connectivity index (χ2n) is 6.34. The van der Waals surface area contributed by atoms with Gasteiger partial charge >= 0.3 is 0 Å². The third-order valence-corrected chi connectivity index (χ3v) is 4.95. The van der Waals surface area contributed by atoms with Crippen molar-refractivity contribution in [1.29, 1.82) is 0 Å². The third-order valence-electron chi connectivity index (χ3n) is 4.71. The highest BCUT2D eigenvalue weighted by molar-refractivity contribution is 6.30. The van der Waals surface area contributed by atoms with Crippen LogP contribution in [0.25, 0.3) is 0 Å². The van der Waals surface area contributed by atoms with Crippen molar-refractivity contribution < 1.29 is 4.74 Å². The summed E-state index contributed by atoms with van der Waals surface area (Å²) in [5.41, 5.74) is 3.63. The molecule has 2 aromatic rings. The Labute approximate surface area is 141 Å². The summed E-state index contributed by atoms with van der Waals surface area (Å²) in [6.07, 6.45) is 2.01. The summed E-state index contributed by atoms with van der Waals surface area (Å²) < 4.78 is 5.71. The molecule has 0 saturated carbocycles. The van der Waals surface area contributed by atoms with Gasteiger partial charge in [0.2, 0.25) is 0 Å². The van der Waals surface area contributed by atoms with Crippen LogP contribution in [0.15, 0.2) is 53.5 Å². The number of anilines is 1. The van der Waals surface area contributed by atoms with Crippen molar-refractivity contribution in [3.8, 4) is 0 Å². The molecule has 1 atom stereocenters. The van der Waals surface area contributed by atoms with Crippen LogP contribution in [0.3, 0.4) is 0 Å². The van der Waals surface area contributed by atoms with Gasteiger partial charge in [-0.05, 0) is 42.2 Å². The number of ether oxygens (including phenoxy) is 1. The van der Waals surface area contributed by atoms with Gasteiger partial charge in [0.05, 0.1) is 18.6 Å². The minimum atomic E-state index is -0.00702. The van der Waals surface area contributed by atoms with Gasteiger partial charge in [-0.2, -0.15) is 0 Å². The molecule has 1 unspecified atom stereocenters. The van der Waals surface area contributed by atoms with E-state index in [2.05, 4.69) is 35.6 Å². The van der Waals surface area contributed by atoms with E-state index in [0.717, 1.165) is 48.2 Å². The number of aliphatic imine (C=N–C) groups is 1. The second kappa shape index (κ2) is 5.99. The van der Waals surface area contributed by atoms with E-state index in [4.69, 9.17) is 21.3 Å². The normalized spacial score (nSPS) is 24.7. The van der Waals surface area contributed by atoms with Gasteiger partial charge in [0.25, 0.3) is 0 Å². The number of nitrogens with zero attached hydrogens (tertiary/aromatic N) is 1.